The second-order valence-corrected chi connectivity index (χ2v) is 8.39. The number of anilines is 2. The normalized spacial score (nSPS) is 13.1. The highest BCUT2D eigenvalue weighted by atomic mass is 16.5. The van der Waals surface area contributed by atoms with Crippen LogP contribution in [-0.2, 0) is 18.3 Å². The minimum absolute atomic E-state index is 0.00819. The average Bonchev–Trinajstić information content (AvgIpc) is 3.49. The maximum atomic E-state index is 12.8. The molecule has 2 N–H and O–H groups in total. The number of carbonyl (C=O) groups is 2. The van der Waals surface area contributed by atoms with Gasteiger partial charge in [-0.1, -0.05) is 13.0 Å². The zero-order valence-corrected chi connectivity index (χ0v) is 19.2. The lowest BCUT2D eigenvalue weighted by atomic mass is 10.2. The van der Waals surface area contributed by atoms with E-state index in [1.54, 1.807) is 46.7 Å². The predicted octanol–water partition coefficient (Wildman–Crippen LogP) is 3.73. The van der Waals surface area contributed by atoms with Crippen LogP contribution in [0.4, 0.5) is 11.5 Å². The van der Waals surface area contributed by atoms with Crippen LogP contribution >= 0.6 is 0 Å². The fourth-order valence-electron chi connectivity index (χ4n) is 3.57. The van der Waals surface area contributed by atoms with Crippen LogP contribution in [0, 0.1) is 12.8 Å². The Morgan fingerprint density at radius 2 is 1.94 bits per heavy atom. The Hall–Kier alpha value is -4.21. The molecule has 5 rings (SSSR count). The Morgan fingerprint density at radius 1 is 1.12 bits per heavy atom. The van der Waals surface area contributed by atoms with Gasteiger partial charge in [0.05, 0.1) is 11.9 Å². The molecule has 0 aliphatic heterocycles. The summed E-state index contributed by atoms with van der Waals surface area (Å²) in [6.45, 7) is 3.91. The molecule has 1 aromatic carbocycles. The van der Waals surface area contributed by atoms with E-state index >= 15 is 0 Å². The Bertz CT molecular complexity index is 1400. The summed E-state index contributed by atoms with van der Waals surface area (Å²) in [5.41, 5.74) is 3.47. The Balaban J connectivity index is 1.32. The molecule has 1 aliphatic carbocycles. The van der Waals surface area contributed by atoms with Gasteiger partial charge in [0, 0.05) is 30.8 Å². The van der Waals surface area contributed by atoms with Crippen molar-refractivity contribution in [2.75, 3.05) is 10.6 Å². The molecule has 3 heterocycles. The number of hydrogen-bond acceptors (Lipinski definition) is 6. The molecule has 0 unspecified atom stereocenters. The van der Waals surface area contributed by atoms with Crippen molar-refractivity contribution in [3.8, 4) is 11.6 Å². The van der Waals surface area contributed by atoms with E-state index in [1.165, 1.54) is 0 Å². The van der Waals surface area contributed by atoms with Gasteiger partial charge in [-0.15, -0.1) is 5.10 Å². The first-order valence-electron chi connectivity index (χ1n) is 11.2. The van der Waals surface area contributed by atoms with Gasteiger partial charge in [-0.25, -0.2) is 9.50 Å². The van der Waals surface area contributed by atoms with E-state index in [4.69, 9.17) is 4.74 Å². The first-order chi connectivity index (χ1) is 16.4. The SMILES string of the molecule is CCc1cc(C(=O)Nc2cc(Oc3ccc4nc(NC(=O)C5CC5)cn4n3)ccc2C)n(C)n1. The third-order valence-corrected chi connectivity index (χ3v) is 5.70. The van der Waals surface area contributed by atoms with Crippen molar-refractivity contribution < 1.29 is 14.3 Å². The van der Waals surface area contributed by atoms with E-state index in [1.807, 2.05) is 26.0 Å². The quantitative estimate of drug-likeness (QED) is 0.435. The second-order valence-electron chi connectivity index (χ2n) is 8.39. The molecule has 10 nitrogen and oxygen atoms in total. The van der Waals surface area contributed by atoms with Gasteiger partial charge in [0.1, 0.15) is 11.4 Å². The first kappa shape index (κ1) is 21.6. The Kier molecular flexibility index (Phi) is 5.48. The number of hydrogen-bond donors (Lipinski definition) is 2. The van der Waals surface area contributed by atoms with E-state index in [9.17, 15) is 9.59 Å². The zero-order chi connectivity index (χ0) is 23.8. The van der Waals surface area contributed by atoms with Crippen molar-refractivity contribution in [2.45, 2.75) is 33.1 Å². The van der Waals surface area contributed by atoms with Crippen molar-refractivity contribution in [3.63, 3.8) is 0 Å². The van der Waals surface area contributed by atoms with Crippen LogP contribution in [-0.4, -0.2) is 36.2 Å². The number of rotatable bonds is 7. The molecule has 1 saturated carbocycles. The summed E-state index contributed by atoms with van der Waals surface area (Å²) in [5, 5.41) is 14.5. The first-order valence-corrected chi connectivity index (χ1v) is 11.2. The van der Waals surface area contributed by atoms with Crippen molar-refractivity contribution in [1.82, 2.24) is 24.4 Å². The number of carbonyl (C=O) groups excluding carboxylic acids is 2. The zero-order valence-electron chi connectivity index (χ0n) is 19.2. The number of ether oxygens (including phenoxy) is 1. The summed E-state index contributed by atoms with van der Waals surface area (Å²) in [7, 11) is 1.75. The molecule has 3 aromatic heterocycles. The summed E-state index contributed by atoms with van der Waals surface area (Å²) < 4.78 is 9.07. The number of benzene rings is 1. The van der Waals surface area contributed by atoms with Gasteiger partial charge in [-0.3, -0.25) is 14.3 Å². The molecule has 0 radical (unpaired) electrons. The van der Waals surface area contributed by atoms with E-state index in [-0.39, 0.29) is 17.7 Å². The summed E-state index contributed by atoms with van der Waals surface area (Å²) in [6, 6.07) is 10.7. The highest BCUT2D eigenvalue weighted by Crippen LogP contribution is 2.30. The standard InChI is InChI=1S/C24H25N7O3/c1-4-16-11-19(30(3)28-16)24(33)25-18-12-17(8-5-14(18)2)34-22-10-9-21-26-20(13-31(21)29-22)27-23(32)15-6-7-15/h5,8-13,15H,4,6-7H2,1-3H3,(H,25,33)(H,27,32). The number of amides is 2. The lowest BCUT2D eigenvalue weighted by Crippen LogP contribution is -2.16. The smallest absolute Gasteiger partial charge is 0.273 e. The lowest BCUT2D eigenvalue weighted by Gasteiger charge is -2.11. The second kappa shape index (κ2) is 8.62. The lowest BCUT2D eigenvalue weighted by molar-refractivity contribution is -0.117. The maximum Gasteiger partial charge on any atom is 0.273 e. The van der Waals surface area contributed by atoms with Gasteiger partial charge in [0.15, 0.2) is 11.5 Å². The molecule has 1 fully saturated rings. The van der Waals surface area contributed by atoms with Gasteiger partial charge < -0.3 is 15.4 Å². The Labute approximate surface area is 195 Å². The molecule has 2 amide bonds. The van der Waals surface area contributed by atoms with Crippen LogP contribution in [0.3, 0.4) is 0 Å². The van der Waals surface area contributed by atoms with E-state index in [0.717, 1.165) is 30.5 Å². The highest BCUT2D eigenvalue weighted by molar-refractivity contribution is 6.03. The molecule has 10 heteroatoms. The minimum atomic E-state index is -0.242. The van der Waals surface area contributed by atoms with Gasteiger partial charge in [0.25, 0.3) is 5.91 Å². The molecule has 174 valence electrons. The number of fused-ring (bicyclic) bond motifs is 1. The van der Waals surface area contributed by atoms with Gasteiger partial charge in [-0.2, -0.15) is 5.10 Å². The van der Waals surface area contributed by atoms with Crippen molar-refractivity contribution >= 4 is 29.0 Å². The number of aromatic nitrogens is 5. The largest absolute Gasteiger partial charge is 0.438 e. The van der Waals surface area contributed by atoms with E-state index < -0.39 is 0 Å². The van der Waals surface area contributed by atoms with Crippen LogP contribution in [0.5, 0.6) is 11.6 Å². The molecular formula is C24H25N7O3. The fourth-order valence-corrected chi connectivity index (χ4v) is 3.57. The third-order valence-electron chi connectivity index (χ3n) is 5.70. The van der Waals surface area contributed by atoms with Gasteiger partial charge >= 0.3 is 0 Å². The fraction of sp³-hybridized carbons (Fsp3) is 0.292. The van der Waals surface area contributed by atoms with Crippen LogP contribution in [0.1, 0.15) is 41.5 Å². The molecule has 4 aromatic rings. The average molecular weight is 460 g/mol. The van der Waals surface area contributed by atoms with Crippen molar-refractivity contribution in [1.29, 1.82) is 0 Å². The predicted molar refractivity (Wildman–Crippen MR) is 126 cm³/mol. The van der Waals surface area contributed by atoms with Gasteiger partial charge in [0.2, 0.25) is 11.8 Å². The molecular weight excluding hydrogens is 434 g/mol. The number of aryl methyl sites for hydroxylation is 3. The molecule has 1 aliphatic rings. The van der Waals surface area contributed by atoms with Crippen LogP contribution in [0.15, 0.2) is 42.6 Å². The molecule has 0 spiro atoms. The van der Waals surface area contributed by atoms with Crippen molar-refractivity contribution in [3.05, 3.63) is 59.5 Å². The van der Waals surface area contributed by atoms with Crippen LogP contribution in [0.2, 0.25) is 0 Å². The molecule has 0 saturated heterocycles. The van der Waals surface area contributed by atoms with Crippen LogP contribution in [0.25, 0.3) is 5.65 Å². The number of nitrogens with zero attached hydrogens (tertiary/aromatic N) is 5. The topological polar surface area (TPSA) is 115 Å². The molecule has 0 atom stereocenters. The number of nitrogens with one attached hydrogen (secondary N) is 2. The minimum Gasteiger partial charge on any atom is -0.438 e. The highest BCUT2D eigenvalue weighted by Gasteiger charge is 2.30. The number of imidazole rings is 1. The third kappa shape index (κ3) is 4.47. The summed E-state index contributed by atoms with van der Waals surface area (Å²) >= 11 is 0. The Morgan fingerprint density at radius 3 is 2.68 bits per heavy atom. The summed E-state index contributed by atoms with van der Waals surface area (Å²) in [6.07, 6.45) is 4.26. The van der Waals surface area contributed by atoms with Crippen molar-refractivity contribution in [2.24, 2.45) is 13.0 Å². The monoisotopic (exact) mass is 459 g/mol. The van der Waals surface area contributed by atoms with Gasteiger partial charge in [-0.05, 0) is 49.9 Å². The molecule has 0 bridgehead atoms. The molecule has 34 heavy (non-hydrogen) atoms. The van der Waals surface area contributed by atoms with E-state index in [0.29, 0.717) is 34.5 Å². The van der Waals surface area contributed by atoms with Crippen LogP contribution < -0.4 is 15.4 Å². The summed E-state index contributed by atoms with van der Waals surface area (Å²) in [4.78, 5) is 29.1. The van der Waals surface area contributed by atoms with E-state index in [2.05, 4.69) is 25.8 Å². The maximum absolute atomic E-state index is 12.8. The summed E-state index contributed by atoms with van der Waals surface area (Å²) in [5.74, 6) is 1.18.